The quantitative estimate of drug-likeness (QED) is 0.403. The molecule has 0 nitrogen and oxygen atoms in total. The lowest BCUT2D eigenvalue weighted by Crippen LogP contribution is -2.52. The van der Waals surface area contributed by atoms with Gasteiger partial charge in [-0.05, 0) is 121 Å². The molecule has 0 spiro atoms. The normalized spacial score (nSPS) is 30.3. The fourth-order valence-corrected chi connectivity index (χ4v) is 8.76. The zero-order valence-corrected chi connectivity index (χ0v) is 24.1. The van der Waals surface area contributed by atoms with Crippen LogP contribution in [0.4, 0.5) is 0 Å². The Balaban J connectivity index is 2.01. The third-order valence-electron chi connectivity index (χ3n) is 10.2. The van der Waals surface area contributed by atoms with E-state index in [-0.39, 0.29) is 16.2 Å². The van der Waals surface area contributed by atoms with Gasteiger partial charge in [-0.15, -0.1) is 0 Å². The van der Waals surface area contributed by atoms with E-state index >= 15 is 0 Å². The standard InChI is InChI=1S/C35H48/c1-13-15-27-17-28(16-14-2)29-19-33(10)20-34(11)18-22(5)30(21(3)4)25(8)35(34,12)26(9)32(33)24(7)31(29)23(27)6/h17H,3,7-8,13-16,18-20H2,1-2,4-6,9-12H3/t33-,34+,35-/m1/s1. The summed E-state index contributed by atoms with van der Waals surface area (Å²) in [6.45, 7) is 35.3. The summed E-state index contributed by atoms with van der Waals surface area (Å²) in [7, 11) is 0. The first kappa shape index (κ1) is 26.0. The van der Waals surface area contributed by atoms with Gasteiger partial charge in [0.25, 0.3) is 0 Å². The Labute approximate surface area is 216 Å². The van der Waals surface area contributed by atoms with E-state index in [0.29, 0.717) is 0 Å². The van der Waals surface area contributed by atoms with E-state index in [4.69, 9.17) is 13.2 Å². The smallest absolute Gasteiger partial charge is 0.0194 e. The highest BCUT2D eigenvalue weighted by atomic mass is 14.6. The summed E-state index contributed by atoms with van der Waals surface area (Å²) in [5, 5.41) is 0. The van der Waals surface area contributed by atoms with Crippen LogP contribution < -0.4 is 0 Å². The van der Waals surface area contributed by atoms with Crippen LogP contribution >= 0.6 is 0 Å². The van der Waals surface area contributed by atoms with Gasteiger partial charge in [-0.2, -0.15) is 0 Å². The molecular weight excluding hydrogens is 420 g/mol. The van der Waals surface area contributed by atoms with Crippen LogP contribution in [0.2, 0.25) is 0 Å². The van der Waals surface area contributed by atoms with E-state index in [1.807, 2.05) is 0 Å². The number of allylic oxidation sites excluding steroid dienone is 7. The maximum absolute atomic E-state index is 4.87. The van der Waals surface area contributed by atoms with Gasteiger partial charge in [-0.3, -0.25) is 0 Å². The zero-order chi connectivity index (χ0) is 26.1. The molecule has 0 aliphatic heterocycles. The van der Waals surface area contributed by atoms with Crippen molar-refractivity contribution in [3.63, 3.8) is 0 Å². The number of hydrogen-bond donors (Lipinski definition) is 0. The van der Waals surface area contributed by atoms with Crippen molar-refractivity contribution in [2.45, 2.75) is 107 Å². The Kier molecular flexibility index (Phi) is 6.31. The molecule has 0 fully saturated rings. The maximum Gasteiger partial charge on any atom is 0.0194 e. The lowest BCUT2D eigenvalue weighted by Gasteiger charge is -2.62. The molecule has 3 aliphatic carbocycles. The van der Waals surface area contributed by atoms with Gasteiger partial charge < -0.3 is 0 Å². The van der Waals surface area contributed by atoms with Crippen molar-refractivity contribution < 1.29 is 0 Å². The van der Waals surface area contributed by atoms with E-state index in [0.717, 1.165) is 31.3 Å². The largest absolute Gasteiger partial charge is 0.0955 e. The summed E-state index contributed by atoms with van der Waals surface area (Å²) >= 11 is 0. The number of aryl methyl sites for hydroxylation is 2. The third kappa shape index (κ3) is 3.46. The van der Waals surface area contributed by atoms with Crippen LogP contribution in [0.5, 0.6) is 0 Å². The lowest BCUT2D eigenvalue weighted by atomic mass is 9.41. The van der Waals surface area contributed by atoms with Crippen molar-refractivity contribution in [2.24, 2.45) is 16.2 Å². The molecule has 1 aromatic rings. The van der Waals surface area contributed by atoms with E-state index in [1.54, 1.807) is 11.1 Å². The Morgan fingerprint density at radius 3 is 2.11 bits per heavy atom. The molecular formula is C35H48. The van der Waals surface area contributed by atoms with Crippen molar-refractivity contribution in [3.05, 3.63) is 87.1 Å². The molecule has 4 rings (SSSR count). The number of benzene rings is 1. The molecule has 0 N–H and O–H groups in total. The van der Waals surface area contributed by atoms with Crippen LogP contribution in [-0.4, -0.2) is 0 Å². The highest BCUT2D eigenvalue weighted by molar-refractivity contribution is 5.87. The summed E-state index contributed by atoms with van der Waals surface area (Å²) in [5.41, 5.74) is 17.3. The predicted molar refractivity (Wildman–Crippen MR) is 155 cm³/mol. The summed E-state index contributed by atoms with van der Waals surface area (Å²) < 4.78 is 0. The van der Waals surface area contributed by atoms with Crippen molar-refractivity contribution in [3.8, 4) is 0 Å². The molecule has 0 saturated carbocycles. The van der Waals surface area contributed by atoms with Gasteiger partial charge in [0.1, 0.15) is 0 Å². The third-order valence-corrected chi connectivity index (χ3v) is 10.2. The molecule has 0 saturated heterocycles. The molecule has 35 heavy (non-hydrogen) atoms. The molecule has 1 aromatic carbocycles. The molecule has 0 radical (unpaired) electrons. The lowest BCUT2D eigenvalue weighted by molar-refractivity contribution is 0.0543. The minimum absolute atomic E-state index is 0.0860. The van der Waals surface area contributed by atoms with Crippen LogP contribution in [0, 0.1) is 23.2 Å². The summed E-state index contributed by atoms with van der Waals surface area (Å²) in [5.74, 6) is 0. The molecule has 188 valence electrons. The van der Waals surface area contributed by atoms with Gasteiger partial charge in [0.15, 0.2) is 0 Å². The molecule has 3 atom stereocenters. The first-order chi connectivity index (χ1) is 16.3. The molecule has 0 unspecified atom stereocenters. The number of hydrogen-bond acceptors (Lipinski definition) is 0. The van der Waals surface area contributed by atoms with Crippen LogP contribution in [0.15, 0.2) is 59.2 Å². The van der Waals surface area contributed by atoms with Crippen molar-refractivity contribution in [2.75, 3.05) is 0 Å². The first-order valence-corrected chi connectivity index (χ1v) is 13.9. The van der Waals surface area contributed by atoms with Crippen molar-refractivity contribution >= 4 is 5.57 Å². The van der Waals surface area contributed by atoms with Gasteiger partial charge in [-0.25, -0.2) is 0 Å². The van der Waals surface area contributed by atoms with Crippen molar-refractivity contribution in [1.82, 2.24) is 0 Å². The molecule has 0 aromatic heterocycles. The van der Waals surface area contributed by atoms with E-state index in [2.05, 4.69) is 75.0 Å². The maximum atomic E-state index is 4.87. The molecule has 0 heteroatoms. The molecule has 0 heterocycles. The minimum Gasteiger partial charge on any atom is -0.0955 e. The van der Waals surface area contributed by atoms with Crippen molar-refractivity contribution in [1.29, 1.82) is 0 Å². The van der Waals surface area contributed by atoms with Gasteiger partial charge in [0.05, 0.1) is 0 Å². The fourth-order valence-electron chi connectivity index (χ4n) is 8.76. The molecule has 0 bridgehead atoms. The van der Waals surface area contributed by atoms with Gasteiger partial charge in [0, 0.05) is 5.41 Å². The average molecular weight is 469 g/mol. The van der Waals surface area contributed by atoms with E-state index in [9.17, 15) is 0 Å². The Morgan fingerprint density at radius 1 is 0.943 bits per heavy atom. The highest BCUT2D eigenvalue weighted by Crippen LogP contribution is 2.70. The van der Waals surface area contributed by atoms with Crippen LogP contribution in [0.25, 0.3) is 5.57 Å². The predicted octanol–water partition coefficient (Wildman–Crippen LogP) is 10.1. The topological polar surface area (TPSA) is 0 Å². The van der Waals surface area contributed by atoms with Gasteiger partial charge >= 0.3 is 0 Å². The van der Waals surface area contributed by atoms with Crippen LogP contribution in [0.1, 0.15) is 109 Å². The Hall–Kier alpha value is -2.08. The molecule has 0 amide bonds. The Bertz CT molecular complexity index is 1210. The van der Waals surface area contributed by atoms with E-state index in [1.165, 1.54) is 69.4 Å². The summed E-state index contributed by atoms with van der Waals surface area (Å²) in [6, 6.07) is 2.54. The van der Waals surface area contributed by atoms with E-state index < -0.39 is 0 Å². The Morgan fingerprint density at radius 2 is 1.54 bits per heavy atom. The highest BCUT2D eigenvalue weighted by Gasteiger charge is 2.59. The average Bonchev–Trinajstić information content (AvgIpc) is 2.73. The second-order valence-electron chi connectivity index (χ2n) is 12.8. The van der Waals surface area contributed by atoms with Gasteiger partial charge in [0.2, 0.25) is 0 Å². The second kappa shape index (κ2) is 8.50. The number of fused-ring (bicyclic) bond motifs is 3. The second-order valence-corrected chi connectivity index (χ2v) is 12.8. The zero-order valence-electron chi connectivity index (χ0n) is 24.1. The van der Waals surface area contributed by atoms with Gasteiger partial charge in [-0.1, -0.05) is 90.0 Å². The minimum atomic E-state index is -0.0860. The monoisotopic (exact) mass is 468 g/mol. The first-order valence-electron chi connectivity index (χ1n) is 13.9. The summed E-state index contributed by atoms with van der Waals surface area (Å²) in [6.07, 6.45) is 8.10. The molecule has 3 aliphatic rings. The number of rotatable bonds is 5. The summed E-state index contributed by atoms with van der Waals surface area (Å²) in [4.78, 5) is 0. The SMILES string of the molecule is C=C(C)C1=C(C)C[C@@]2(C)C[C@@]3(C)Cc4c(CCC)cc(CCC)c(C)c4C(=C)C3=C(C)[C@@]2(C)C1=C. The fraction of sp³-hybridized carbons (Fsp3) is 0.543. The van der Waals surface area contributed by atoms with Crippen LogP contribution in [0.3, 0.4) is 0 Å². The van der Waals surface area contributed by atoms with Crippen LogP contribution in [-0.2, 0) is 19.3 Å².